The summed E-state index contributed by atoms with van der Waals surface area (Å²) < 4.78 is 4.83. The third-order valence-electron chi connectivity index (χ3n) is 7.82. The van der Waals surface area contributed by atoms with E-state index < -0.39 is 5.97 Å². The number of piperidine rings is 1. The molecule has 1 saturated heterocycles. The van der Waals surface area contributed by atoms with E-state index in [1.54, 1.807) is 42.5 Å². The fraction of sp³-hybridized carbons (Fsp3) is 0.303. The van der Waals surface area contributed by atoms with Crippen LogP contribution in [-0.2, 0) is 9.57 Å². The SMILES string of the molecule is COC(=O)c1ccc2c(C(=Nc3ccc(C(=O)NOCCN4CCC(N(C)C)CC4)cc3)c3ccccc3)c(O)[nH]c2c1. The van der Waals surface area contributed by atoms with E-state index in [2.05, 4.69) is 34.4 Å². The first-order valence-corrected chi connectivity index (χ1v) is 14.3. The lowest BCUT2D eigenvalue weighted by Gasteiger charge is -2.34. The number of aromatic amines is 1. The molecule has 10 nitrogen and oxygen atoms in total. The molecule has 5 rings (SSSR count). The van der Waals surface area contributed by atoms with E-state index in [0.29, 0.717) is 51.6 Å². The van der Waals surface area contributed by atoms with Crippen LogP contribution in [0, 0.1) is 0 Å². The van der Waals surface area contributed by atoms with Gasteiger partial charge in [0.1, 0.15) is 0 Å². The molecule has 0 atom stereocenters. The Bertz CT molecular complexity index is 1590. The summed E-state index contributed by atoms with van der Waals surface area (Å²) in [5.74, 6) is -0.875. The second-order valence-corrected chi connectivity index (χ2v) is 10.8. The first-order valence-electron chi connectivity index (χ1n) is 14.3. The van der Waals surface area contributed by atoms with Crippen LogP contribution >= 0.6 is 0 Å². The van der Waals surface area contributed by atoms with Crippen molar-refractivity contribution < 1.29 is 24.3 Å². The molecule has 1 amide bonds. The van der Waals surface area contributed by atoms with Crippen LogP contribution in [0.25, 0.3) is 10.9 Å². The van der Waals surface area contributed by atoms with Gasteiger partial charge in [0.05, 0.1) is 36.2 Å². The van der Waals surface area contributed by atoms with Gasteiger partial charge in [0, 0.05) is 34.6 Å². The lowest BCUT2D eigenvalue weighted by molar-refractivity contribution is 0.0178. The number of methoxy groups -OCH3 is 1. The second kappa shape index (κ2) is 13.6. The topological polar surface area (TPSA) is 119 Å². The molecule has 3 N–H and O–H groups in total. The van der Waals surface area contributed by atoms with Gasteiger partial charge in [0.2, 0.25) is 0 Å². The summed E-state index contributed by atoms with van der Waals surface area (Å²) >= 11 is 0. The maximum Gasteiger partial charge on any atom is 0.337 e. The number of H-pyrrole nitrogens is 1. The average molecular weight is 584 g/mol. The molecule has 2 heterocycles. The Morgan fingerprint density at radius 2 is 1.70 bits per heavy atom. The maximum atomic E-state index is 12.7. The van der Waals surface area contributed by atoms with Crippen LogP contribution in [0.4, 0.5) is 5.69 Å². The number of ether oxygens (including phenoxy) is 1. The smallest absolute Gasteiger partial charge is 0.337 e. The quantitative estimate of drug-likeness (QED) is 0.109. The molecule has 0 radical (unpaired) electrons. The van der Waals surface area contributed by atoms with Gasteiger partial charge in [-0.05, 0) is 76.4 Å². The highest BCUT2D eigenvalue weighted by Gasteiger charge is 2.21. The van der Waals surface area contributed by atoms with Gasteiger partial charge in [-0.1, -0.05) is 36.4 Å². The van der Waals surface area contributed by atoms with Crippen LogP contribution in [-0.4, -0.2) is 91.0 Å². The molecule has 1 aliphatic rings. The van der Waals surface area contributed by atoms with E-state index in [-0.39, 0.29) is 11.8 Å². The first-order chi connectivity index (χ1) is 20.8. The van der Waals surface area contributed by atoms with Gasteiger partial charge in [-0.2, -0.15) is 0 Å². The Hall–Kier alpha value is -4.51. The minimum atomic E-state index is -0.468. The molecule has 4 aromatic rings. The third-order valence-corrected chi connectivity index (χ3v) is 7.82. The lowest BCUT2D eigenvalue weighted by atomic mass is 10.00. The van der Waals surface area contributed by atoms with Crippen LogP contribution in [0.3, 0.4) is 0 Å². The molecule has 0 spiro atoms. The van der Waals surface area contributed by atoms with Gasteiger partial charge in [0.15, 0.2) is 5.88 Å². The number of amides is 1. The van der Waals surface area contributed by atoms with Crippen molar-refractivity contribution in [1.29, 1.82) is 0 Å². The molecule has 0 saturated carbocycles. The van der Waals surface area contributed by atoms with E-state index in [0.717, 1.165) is 38.0 Å². The standard InChI is InChI=1S/C33H37N5O5/c1-37(2)26-15-17-38(18-16-26)19-20-43-36-31(39)23-9-12-25(13-10-23)34-30(22-7-5-4-6-8-22)29-27-14-11-24(33(41)42-3)21-28(27)35-32(29)40/h4-14,21,26,35,40H,15-20H2,1-3H3,(H,36,39). The number of aromatic hydroxyl groups is 1. The van der Waals surface area contributed by atoms with E-state index in [1.165, 1.54) is 7.11 Å². The Morgan fingerprint density at radius 1 is 1.00 bits per heavy atom. The summed E-state index contributed by atoms with van der Waals surface area (Å²) in [7, 11) is 5.57. The molecule has 3 aromatic carbocycles. The number of likely N-dealkylation sites (tertiary alicyclic amines) is 1. The van der Waals surface area contributed by atoms with E-state index >= 15 is 0 Å². The first kappa shape index (κ1) is 30.0. The fourth-order valence-corrected chi connectivity index (χ4v) is 5.35. The summed E-state index contributed by atoms with van der Waals surface area (Å²) in [5.41, 5.74) is 6.33. The zero-order valence-electron chi connectivity index (χ0n) is 24.7. The number of rotatable bonds is 10. The number of esters is 1. The highest BCUT2D eigenvalue weighted by Crippen LogP contribution is 2.32. The molecular weight excluding hydrogens is 546 g/mol. The van der Waals surface area contributed by atoms with Crippen molar-refractivity contribution in [2.75, 3.05) is 47.4 Å². The molecule has 0 bridgehead atoms. The minimum Gasteiger partial charge on any atom is -0.494 e. The number of aromatic nitrogens is 1. The Labute approximate surface area is 250 Å². The van der Waals surface area contributed by atoms with Gasteiger partial charge in [-0.25, -0.2) is 15.3 Å². The fourth-order valence-electron chi connectivity index (χ4n) is 5.35. The molecule has 1 aromatic heterocycles. The molecule has 1 fully saturated rings. The third kappa shape index (κ3) is 7.11. The van der Waals surface area contributed by atoms with Gasteiger partial charge >= 0.3 is 5.97 Å². The number of hydrogen-bond donors (Lipinski definition) is 3. The van der Waals surface area contributed by atoms with Gasteiger partial charge in [-0.15, -0.1) is 0 Å². The molecule has 10 heteroatoms. The summed E-state index contributed by atoms with van der Waals surface area (Å²) in [6.45, 7) is 3.23. The molecule has 43 heavy (non-hydrogen) atoms. The predicted molar refractivity (Wildman–Crippen MR) is 166 cm³/mol. The number of carbonyl (C=O) groups excluding carboxylic acids is 2. The number of hydroxylamine groups is 1. The number of aliphatic imine (C=N–C) groups is 1. The van der Waals surface area contributed by atoms with Crippen molar-refractivity contribution in [1.82, 2.24) is 20.3 Å². The maximum absolute atomic E-state index is 12.7. The molecule has 224 valence electrons. The van der Waals surface area contributed by atoms with Crippen LogP contribution < -0.4 is 5.48 Å². The average Bonchev–Trinajstić information content (AvgIpc) is 3.36. The number of fused-ring (bicyclic) bond motifs is 1. The van der Waals surface area contributed by atoms with E-state index in [9.17, 15) is 14.7 Å². The molecule has 1 aliphatic heterocycles. The van der Waals surface area contributed by atoms with E-state index in [1.807, 2.05) is 30.3 Å². The van der Waals surface area contributed by atoms with Crippen LogP contribution in [0.2, 0.25) is 0 Å². The lowest BCUT2D eigenvalue weighted by Crippen LogP contribution is -2.43. The molecule has 0 aliphatic carbocycles. The van der Waals surface area contributed by atoms with Crippen LogP contribution in [0.1, 0.15) is 44.7 Å². The number of benzene rings is 3. The van der Waals surface area contributed by atoms with Crippen molar-refractivity contribution in [3.05, 3.63) is 95.1 Å². The van der Waals surface area contributed by atoms with Crippen molar-refractivity contribution >= 4 is 34.2 Å². The Morgan fingerprint density at radius 3 is 2.37 bits per heavy atom. The summed E-state index contributed by atoms with van der Waals surface area (Å²) in [6.07, 6.45) is 2.27. The number of hydrogen-bond acceptors (Lipinski definition) is 8. The Balaban J connectivity index is 1.29. The number of nitrogens with zero attached hydrogens (tertiary/aromatic N) is 3. The van der Waals surface area contributed by atoms with Crippen molar-refractivity contribution in [3.63, 3.8) is 0 Å². The minimum absolute atomic E-state index is 0.0742. The Kier molecular flexibility index (Phi) is 9.51. The zero-order chi connectivity index (χ0) is 30.3. The molecule has 0 unspecified atom stereocenters. The van der Waals surface area contributed by atoms with Gasteiger partial charge in [-0.3, -0.25) is 9.63 Å². The van der Waals surface area contributed by atoms with Crippen LogP contribution in [0.5, 0.6) is 5.88 Å². The molecular formula is C33H37N5O5. The van der Waals surface area contributed by atoms with Crippen molar-refractivity contribution in [2.45, 2.75) is 18.9 Å². The normalized spacial score (nSPS) is 14.7. The second-order valence-electron chi connectivity index (χ2n) is 10.8. The van der Waals surface area contributed by atoms with Gasteiger partial charge in [0.25, 0.3) is 5.91 Å². The summed E-state index contributed by atoms with van der Waals surface area (Å²) in [4.78, 5) is 42.6. The zero-order valence-corrected chi connectivity index (χ0v) is 24.7. The monoisotopic (exact) mass is 583 g/mol. The van der Waals surface area contributed by atoms with E-state index in [4.69, 9.17) is 14.6 Å². The number of nitrogens with one attached hydrogen (secondary N) is 2. The highest BCUT2D eigenvalue weighted by molar-refractivity contribution is 6.22. The number of carbonyl (C=O) groups is 2. The largest absolute Gasteiger partial charge is 0.494 e. The van der Waals surface area contributed by atoms with Crippen molar-refractivity contribution in [2.24, 2.45) is 4.99 Å². The van der Waals surface area contributed by atoms with Gasteiger partial charge < -0.3 is 24.6 Å². The summed E-state index contributed by atoms with van der Waals surface area (Å²) in [6, 6.07) is 22.0. The summed E-state index contributed by atoms with van der Waals surface area (Å²) in [5, 5.41) is 11.6. The highest BCUT2D eigenvalue weighted by atomic mass is 16.7. The van der Waals surface area contributed by atoms with Crippen LogP contribution in [0.15, 0.2) is 77.8 Å². The predicted octanol–water partition coefficient (Wildman–Crippen LogP) is 4.52. The van der Waals surface area contributed by atoms with Crippen molar-refractivity contribution in [3.8, 4) is 5.88 Å².